The normalized spacial score (nSPS) is 13.8. The molecule has 0 saturated carbocycles. The minimum Gasteiger partial charge on any atom is -0.481 e. The Morgan fingerprint density at radius 2 is 1.65 bits per heavy atom. The quantitative estimate of drug-likeness (QED) is 0.788. The minimum absolute atomic E-state index is 0.0223. The number of amides is 2. The smallest absolute Gasteiger partial charge is 0.317 e. The van der Waals surface area contributed by atoms with Gasteiger partial charge in [0.15, 0.2) is 0 Å². The Labute approximate surface area is 122 Å². The molecule has 1 unspecified atom stereocenters. The fourth-order valence-corrected chi connectivity index (χ4v) is 2.00. The van der Waals surface area contributed by atoms with Crippen LogP contribution >= 0.6 is 0 Å². The van der Waals surface area contributed by atoms with Crippen LogP contribution in [0.3, 0.4) is 0 Å². The van der Waals surface area contributed by atoms with E-state index in [1.165, 1.54) is 0 Å². The van der Waals surface area contributed by atoms with E-state index < -0.39 is 11.4 Å². The molecule has 0 rings (SSSR count). The highest BCUT2D eigenvalue weighted by Crippen LogP contribution is 2.26. The van der Waals surface area contributed by atoms with Gasteiger partial charge in [0.1, 0.15) is 0 Å². The Bertz CT molecular complexity index is 344. The number of hydrogen-bond donors (Lipinski definition) is 2. The van der Waals surface area contributed by atoms with Gasteiger partial charge in [-0.3, -0.25) is 4.79 Å². The Morgan fingerprint density at radius 3 is 1.95 bits per heavy atom. The van der Waals surface area contributed by atoms with Crippen molar-refractivity contribution >= 4 is 12.0 Å². The van der Waals surface area contributed by atoms with Gasteiger partial charge < -0.3 is 15.3 Å². The van der Waals surface area contributed by atoms with Crippen molar-refractivity contribution in [1.82, 2.24) is 10.2 Å². The highest BCUT2D eigenvalue weighted by Gasteiger charge is 2.36. The zero-order chi connectivity index (χ0) is 16.1. The summed E-state index contributed by atoms with van der Waals surface area (Å²) in [6.45, 7) is 12.0. The van der Waals surface area contributed by atoms with E-state index in [2.05, 4.69) is 26.1 Å². The van der Waals surface area contributed by atoms with Gasteiger partial charge in [0, 0.05) is 19.6 Å². The topological polar surface area (TPSA) is 69.6 Å². The molecule has 0 fully saturated rings. The molecule has 0 bridgehead atoms. The molecule has 20 heavy (non-hydrogen) atoms. The fraction of sp³-hybridized carbons (Fsp3) is 0.867. The molecule has 5 heteroatoms. The third-order valence-corrected chi connectivity index (χ3v) is 4.54. The molecule has 0 aromatic rings. The van der Waals surface area contributed by atoms with Gasteiger partial charge in [0.05, 0.1) is 5.41 Å². The van der Waals surface area contributed by atoms with Crippen molar-refractivity contribution in [3.8, 4) is 0 Å². The average Bonchev–Trinajstić information content (AvgIpc) is 2.36. The van der Waals surface area contributed by atoms with Gasteiger partial charge in [-0.1, -0.05) is 34.6 Å². The summed E-state index contributed by atoms with van der Waals surface area (Å²) in [7, 11) is 1.74. The van der Waals surface area contributed by atoms with Gasteiger partial charge in [-0.25, -0.2) is 4.79 Å². The van der Waals surface area contributed by atoms with Gasteiger partial charge in [-0.15, -0.1) is 0 Å². The summed E-state index contributed by atoms with van der Waals surface area (Å²) in [5.41, 5.74) is -0.896. The van der Waals surface area contributed by atoms with Crippen LogP contribution in [0.2, 0.25) is 0 Å². The highest BCUT2D eigenvalue weighted by molar-refractivity contribution is 5.78. The number of hydrogen-bond acceptors (Lipinski definition) is 2. The Balaban J connectivity index is 4.74. The van der Waals surface area contributed by atoms with E-state index in [0.717, 1.165) is 0 Å². The lowest BCUT2D eigenvalue weighted by atomic mass is 9.82. The molecule has 0 heterocycles. The number of carboxylic acid groups (broad SMARTS) is 1. The first-order chi connectivity index (χ1) is 9.01. The predicted molar refractivity (Wildman–Crippen MR) is 80.7 cm³/mol. The van der Waals surface area contributed by atoms with Crippen LogP contribution in [0.25, 0.3) is 0 Å². The summed E-state index contributed by atoms with van der Waals surface area (Å²) in [5.74, 6) is -0.852. The Kier molecular flexibility index (Phi) is 6.51. The van der Waals surface area contributed by atoms with Crippen molar-refractivity contribution in [2.24, 2.45) is 10.8 Å². The van der Waals surface area contributed by atoms with Gasteiger partial charge in [-0.05, 0) is 25.2 Å². The van der Waals surface area contributed by atoms with Crippen LogP contribution in [0.5, 0.6) is 0 Å². The molecule has 118 valence electrons. The molecule has 0 aromatic heterocycles. The van der Waals surface area contributed by atoms with E-state index in [0.29, 0.717) is 12.8 Å². The molecule has 0 aliphatic rings. The molecule has 0 aromatic carbocycles. The summed E-state index contributed by atoms with van der Waals surface area (Å²) in [6.07, 6.45) is 0.995. The number of aliphatic carboxylic acids is 1. The van der Waals surface area contributed by atoms with E-state index >= 15 is 0 Å². The summed E-state index contributed by atoms with van der Waals surface area (Å²) < 4.78 is 0. The van der Waals surface area contributed by atoms with Crippen LogP contribution in [0, 0.1) is 10.8 Å². The van der Waals surface area contributed by atoms with Crippen LogP contribution < -0.4 is 5.32 Å². The standard InChI is InChI=1S/C15H30N2O3/c1-8-15(9-2,12(18)19)10-16-13(20)17(7)11(3)14(4,5)6/h11H,8-10H2,1-7H3,(H,16,20)(H,18,19). The van der Waals surface area contributed by atoms with Gasteiger partial charge >= 0.3 is 12.0 Å². The molecule has 2 N–H and O–H groups in total. The van der Waals surface area contributed by atoms with Crippen molar-refractivity contribution in [3.05, 3.63) is 0 Å². The van der Waals surface area contributed by atoms with Crippen LogP contribution in [-0.4, -0.2) is 41.6 Å². The van der Waals surface area contributed by atoms with E-state index in [4.69, 9.17) is 0 Å². The average molecular weight is 286 g/mol. The maximum atomic E-state index is 12.2. The lowest BCUT2D eigenvalue weighted by Crippen LogP contribution is -2.51. The fourth-order valence-electron chi connectivity index (χ4n) is 2.00. The SMILES string of the molecule is CCC(CC)(CNC(=O)N(C)C(C)C(C)(C)C)C(=O)O. The van der Waals surface area contributed by atoms with Gasteiger partial charge in [0.25, 0.3) is 0 Å². The largest absolute Gasteiger partial charge is 0.481 e. The van der Waals surface area contributed by atoms with E-state index in [1.807, 2.05) is 20.8 Å². The number of urea groups is 1. The maximum Gasteiger partial charge on any atom is 0.317 e. The number of nitrogens with one attached hydrogen (secondary N) is 1. The maximum absolute atomic E-state index is 12.2. The van der Waals surface area contributed by atoms with Crippen molar-refractivity contribution in [2.45, 2.75) is 60.4 Å². The number of carboxylic acids is 1. The number of nitrogens with zero attached hydrogens (tertiary/aromatic N) is 1. The number of carbonyl (C=O) groups excluding carboxylic acids is 1. The van der Waals surface area contributed by atoms with Crippen molar-refractivity contribution in [3.63, 3.8) is 0 Å². The summed E-state index contributed by atoms with van der Waals surface area (Å²) in [4.78, 5) is 25.2. The van der Waals surface area contributed by atoms with Crippen molar-refractivity contribution < 1.29 is 14.7 Å². The monoisotopic (exact) mass is 286 g/mol. The summed E-state index contributed by atoms with van der Waals surface area (Å²) in [5, 5.41) is 12.1. The molecule has 0 saturated heterocycles. The zero-order valence-corrected chi connectivity index (χ0v) is 13.9. The van der Waals surface area contributed by atoms with Crippen molar-refractivity contribution in [1.29, 1.82) is 0 Å². The number of carbonyl (C=O) groups is 2. The molecule has 0 spiro atoms. The van der Waals surface area contributed by atoms with Crippen molar-refractivity contribution in [2.75, 3.05) is 13.6 Å². The van der Waals surface area contributed by atoms with E-state index in [-0.39, 0.29) is 24.0 Å². The second-order valence-corrected chi connectivity index (χ2v) is 6.60. The predicted octanol–water partition coefficient (Wildman–Crippen LogP) is 2.95. The molecule has 5 nitrogen and oxygen atoms in total. The molecular weight excluding hydrogens is 256 g/mol. The highest BCUT2D eigenvalue weighted by atomic mass is 16.4. The number of rotatable bonds is 6. The summed E-state index contributed by atoms with van der Waals surface area (Å²) in [6, 6.07) is -0.162. The Hall–Kier alpha value is -1.26. The third kappa shape index (κ3) is 4.39. The molecule has 2 amide bonds. The van der Waals surface area contributed by atoms with E-state index in [1.54, 1.807) is 11.9 Å². The second kappa shape index (κ2) is 6.95. The first-order valence-corrected chi connectivity index (χ1v) is 7.26. The van der Waals surface area contributed by atoms with Gasteiger partial charge in [0.2, 0.25) is 0 Å². The van der Waals surface area contributed by atoms with Gasteiger partial charge in [-0.2, -0.15) is 0 Å². The molecule has 0 aliphatic carbocycles. The third-order valence-electron chi connectivity index (χ3n) is 4.54. The molecule has 0 aliphatic heterocycles. The molecule has 1 atom stereocenters. The van der Waals surface area contributed by atoms with Crippen LogP contribution in [0.15, 0.2) is 0 Å². The lowest BCUT2D eigenvalue weighted by Gasteiger charge is -2.36. The van der Waals surface area contributed by atoms with Crippen LogP contribution in [0.4, 0.5) is 4.79 Å². The lowest BCUT2D eigenvalue weighted by molar-refractivity contribution is -0.149. The van der Waals surface area contributed by atoms with Crippen LogP contribution in [-0.2, 0) is 4.79 Å². The first kappa shape index (κ1) is 18.7. The van der Waals surface area contributed by atoms with Crippen LogP contribution in [0.1, 0.15) is 54.4 Å². The molecule has 0 radical (unpaired) electrons. The minimum atomic E-state index is -0.874. The second-order valence-electron chi connectivity index (χ2n) is 6.60. The summed E-state index contributed by atoms with van der Waals surface area (Å²) >= 11 is 0. The first-order valence-electron chi connectivity index (χ1n) is 7.26. The molecular formula is C15H30N2O3. The Morgan fingerprint density at radius 1 is 1.20 bits per heavy atom. The van der Waals surface area contributed by atoms with E-state index in [9.17, 15) is 14.7 Å². The zero-order valence-electron chi connectivity index (χ0n) is 13.9.